The van der Waals surface area contributed by atoms with E-state index in [0.717, 1.165) is 24.3 Å². The van der Waals surface area contributed by atoms with Gasteiger partial charge >= 0.3 is 12.5 Å². The normalized spacial score (nSPS) is 15.4. The molecule has 8 nitrogen and oxygen atoms in total. The molecule has 45 heavy (non-hydrogen) atoms. The molecule has 0 aliphatic carbocycles. The standard InChI is InChI=1S/C30H26F7N3O5/c1-17-9-23(45-30(35,36)37)4-6-26(17)44-16-27(42)39-7-8-40(22(14-39)15-41)28(43)24-12-18(3-5-25(24)38-2)19-10-20(29(32,33)34)13-21(31)11-19/h3-6,9-13,15,22,38H,7-8,14,16H2,1-2H3. The molecule has 1 fully saturated rings. The maximum Gasteiger partial charge on any atom is 0.573 e. The van der Waals surface area contributed by atoms with Gasteiger partial charge in [-0.1, -0.05) is 6.07 Å². The minimum atomic E-state index is -4.87. The van der Waals surface area contributed by atoms with Crippen molar-refractivity contribution < 1.29 is 54.6 Å². The Hall–Kier alpha value is -4.82. The molecule has 1 heterocycles. The molecule has 0 aromatic heterocycles. The van der Waals surface area contributed by atoms with Crippen molar-refractivity contribution >= 4 is 23.8 Å². The lowest BCUT2D eigenvalue weighted by atomic mass is 9.98. The van der Waals surface area contributed by atoms with Crippen LogP contribution in [0.2, 0.25) is 0 Å². The van der Waals surface area contributed by atoms with Crippen LogP contribution < -0.4 is 14.8 Å². The summed E-state index contributed by atoms with van der Waals surface area (Å²) in [5, 5.41) is 2.82. The molecular formula is C30H26F7N3O5. The highest BCUT2D eigenvalue weighted by Crippen LogP contribution is 2.35. The van der Waals surface area contributed by atoms with Gasteiger partial charge in [-0.05, 0) is 72.1 Å². The summed E-state index contributed by atoms with van der Waals surface area (Å²) in [4.78, 5) is 41.0. The van der Waals surface area contributed by atoms with Crippen LogP contribution in [0.3, 0.4) is 0 Å². The molecule has 15 heteroatoms. The average molecular weight is 642 g/mol. The summed E-state index contributed by atoms with van der Waals surface area (Å²) in [6.07, 6.45) is -9.19. The van der Waals surface area contributed by atoms with Crippen molar-refractivity contribution in [1.29, 1.82) is 0 Å². The van der Waals surface area contributed by atoms with E-state index in [9.17, 15) is 45.1 Å². The number of aryl methyl sites for hydroxylation is 1. The number of amides is 2. The number of hydrogen-bond acceptors (Lipinski definition) is 6. The van der Waals surface area contributed by atoms with Gasteiger partial charge in [-0.15, -0.1) is 13.2 Å². The van der Waals surface area contributed by atoms with Crippen LogP contribution in [0, 0.1) is 12.7 Å². The minimum absolute atomic E-state index is 0.00301. The van der Waals surface area contributed by atoms with E-state index in [0.29, 0.717) is 18.0 Å². The van der Waals surface area contributed by atoms with Crippen molar-refractivity contribution in [2.24, 2.45) is 0 Å². The summed E-state index contributed by atoms with van der Waals surface area (Å²) >= 11 is 0. The van der Waals surface area contributed by atoms with Crippen LogP contribution in [0.4, 0.5) is 36.4 Å². The van der Waals surface area contributed by atoms with E-state index in [-0.39, 0.29) is 47.6 Å². The number of piperazine rings is 1. The number of hydrogen-bond donors (Lipinski definition) is 1. The highest BCUT2D eigenvalue weighted by molar-refractivity contribution is 6.02. The summed E-state index contributed by atoms with van der Waals surface area (Å²) in [7, 11) is 1.52. The number of nitrogens with zero attached hydrogens (tertiary/aromatic N) is 2. The quantitative estimate of drug-likeness (QED) is 0.251. The molecule has 4 rings (SSSR count). The predicted molar refractivity (Wildman–Crippen MR) is 147 cm³/mol. The lowest BCUT2D eigenvalue weighted by molar-refractivity contribution is -0.274. The number of carbonyl (C=O) groups is 3. The van der Waals surface area contributed by atoms with Crippen molar-refractivity contribution in [3.63, 3.8) is 0 Å². The second kappa shape index (κ2) is 13.0. The molecule has 1 saturated heterocycles. The van der Waals surface area contributed by atoms with Crippen LogP contribution in [-0.4, -0.2) is 73.6 Å². The van der Waals surface area contributed by atoms with Crippen LogP contribution in [0.1, 0.15) is 21.5 Å². The van der Waals surface area contributed by atoms with Crippen LogP contribution in [0.5, 0.6) is 11.5 Å². The van der Waals surface area contributed by atoms with Gasteiger partial charge in [-0.25, -0.2) is 4.39 Å². The van der Waals surface area contributed by atoms with Crippen molar-refractivity contribution in [3.05, 3.63) is 77.1 Å². The zero-order valence-electron chi connectivity index (χ0n) is 23.8. The van der Waals surface area contributed by atoms with Crippen LogP contribution >= 0.6 is 0 Å². The van der Waals surface area contributed by atoms with E-state index >= 15 is 0 Å². The molecule has 1 aliphatic heterocycles. The molecule has 1 atom stereocenters. The SMILES string of the molecule is CNc1ccc(-c2cc(F)cc(C(F)(F)F)c2)cc1C(=O)N1CCN(C(=O)COc2ccc(OC(F)(F)F)cc2C)CC1C=O. The molecule has 1 N–H and O–H groups in total. The van der Waals surface area contributed by atoms with Crippen molar-refractivity contribution in [3.8, 4) is 22.6 Å². The number of carbonyl (C=O) groups excluding carboxylic acids is 3. The molecule has 0 bridgehead atoms. The molecule has 1 unspecified atom stereocenters. The van der Waals surface area contributed by atoms with Gasteiger partial charge in [0.15, 0.2) is 6.61 Å². The lowest BCUT2D eigenvalue weighted by Crippen LogP contribution is -2.58. The van der Waals surface area contributed by atoms with E-state index in [2.05, 4.69) is 10.1 Å². The third kappa shape index (κ3) is 8.02. The Morgan fingerprint density at radius 1 is 0.978 bits per heavy atom. The van der Waals surface area contributed by atoms with E-state index in [4.69, 9.17) is 4.74 Å². The summed E-state index contributed by atoms with van der Waals surface area (Å²) in [5.41, 5.74) is -0.591. The van der Waals surface area contributed by atoms with Gasteiger partial charge in [0.05, 0.1) is 11.1 Å². The van der Waals surface area contributed by atoms with Crippen LogP contribution in [0.15, 0.2) is 54.6 Å². The number of rotatable bonds is 8. The van der Waals surface area contributed by atoms with E-state index in [1.54, 1.807) is 0 Å². The molecule has 1 aliphatic rings. The fourth-order valence-corrected chi connectivity index (χ4v) is 4.81. The Labute approximate surface area is 252 Å². The monoisotopic (exact) mass is 641 g/mol. The number of aldehydes is 1. The first kappa shape index (κ1) is 33.1. The second-order valence-corrected chi connectivity index (χ2v) is 10.0. The maximum absolute atomic E-state index is 14.1. The lowest BCUT2D eigenvalue weighted by Gasteiger charge is -2.39. The number of nitrogens with one attached hydrogen (secondary N) is 1. The fraction of sp³-hybridized carbons (Fsp3) is 0.300. The molecular weight excluding hydrogens is 615 g/mol. The molecule has 0 radical (unpaired) electrons. The van der Waals surface area contributed by atoms with E-state index in [1.807, 2.05) is 0 Å². The van der Waals surface area contributed by atoms with E-state index in [1.165, 1.54) is 48.0 Å². The van der Waals surface area contributed by atoms with Gasteiger partial charge < -0.3 is 29.4 Å². The zero-order valence-corrected chi connectivity index (χ0v) is 23.8. The number of ether oxygens (including phenoxy) is 2. The maximum atomic E-state index is 14.1. The summed E-state index contributed by atoms with van der Waals surface area (Å²) in [6, 6.07) is 8.45. The van der Waals surface area contributed by atoms with E-state index < -0.39 is 54.1 Å². The first-order valence-electron chi connectivity index (χ1n) is 13.3. The van der Waals surface area contributed by atoms with Crippen molar-refractivity contribution in [2.75, 3.05) is 38.6 Å². The average Bonchev–Trinajstić information content (AvgIpc) is 2.98. The van der Waals surface area contributed by atoms with Gasteiger partial charge in [-0.2, -0.15) is 13.2 Å². The van der Waals surface area contributed by atoms with Gasteiger partial charge in [-0.3, -0.25) is 9.59 Å². The topological polar surface area (TPSA) is 88.2 Å². The second-order valence-electron chi connectivity index (χ2n) is 10.0. The predicted octanol–water partition coefficient (Wildman–Crippen LogP) is 5.69. The Bertz CT molecular complexity index is 1590. The minimum Gasteiger partial charge on any atom is -0.483 e. The number of anilines is 1. The Morgan fingerprint density at radius 2 is 1.71 bits per heavy atom. The highest BCUT2D eigenvalue weighted by Gasteiger charge is 2.35. The largest absolute Gasteiger partial charge is 0.573 e. The molecule has 3 aromatic rings. The fourth-order valence-electron chi connectivity index (χ4n) is 4.81. The molecule has 3 aromatic carbocycles. The highest BCUT2D eigenvalue weighted by atomic mass is 19.4. The van der Waals surface area contributed by atoms with Crippen molar-refractivity contribution in [1.82, 2.24) is 9.80 Å². The smallest absolute Gasteiger partial charge is 0.483 e. The number of halogens is 7. The first-order chi connectivity index (χ1) is 21.1. The molecule has 0 saturated carbocycles. The molecule has 2 amide bonds. The summed E-state index contributed by atoms with van der Waals surface area (Å²) in [6.45, 7) is 0.695. The number of benzene rings is 3. The van der Waals surface area contributed by atoms with Gasteiger partial charge in [0.25, 0.3) is 11.8 Å². The van der Waals surface area contributed by atoms with Crippen molar-refractivity contribution in [2.45, 2.75) is 25.5 Å². The third-order valence-corrected chi connectivity index (χ3v) is 7.00. The van der Waals surface area contributed by atoms with Crippen LogP contribution in [-0.2, 0) is 15.8 Å². The summed E-state index contributed by atoms with van der Waals surface area (Å²) < 4.78 is 101. The zero-order chi connectivity index (χ0) is 33.1. The summed E-state index contributed by atoms with van der Waals surface area (Å²) in [5.74, 6) is -2.63. The van der Waals surface area contributed by atoms with Gasteiger partial charge in [0.1, 0.15) is 29.6 Å². The number of alkyl halides is 6. The van der Waals surface area contributed by atoms with Gasteiger partial charge in [0.2, 0.25) is 0 Å². The van der Waals surface area contributed by atoms with Crippen LogP contribution in [0.25, 0.3) is 11.1 Å². The molecule has 0 spiro atoms. The first-order valence-corrected chi connectivity index (χ1v) is 13.3. The Balaban J connectivity index is 1.47. The molecule has 240 valence electrons. The Morgan fingerprint density at radius 3 is 2.33 bits per heavy atom. The third-order valence-electron chi connectivity index (χ3n) is 7.00. The van der Waals surface area contributed by atoms with Gasteiger partial charge in [0, 0.05) is 32.4 Å². The Kier molecular flexibility index (Phi) is 9.59.